The standard InChI is InChI=1S/2C29H35FN2O7.Ca/c2*1-17(2)28-25(29(37)31-20-11-23(38-3)15-24(12-20)39-4)16-26(18-5-7-19(30)8-6-18)32(28)10-9-21(33)13-22(34)14-27(35)36;/h2*5-8,11-12,15-17,21-22,33-34H,9-10,13-14H2,1-4H3,(H,31,37)(H,35,36);/q;;+2/p-2/t2*21-,22-;/m11./s1. The molecule has 0 aliphatic heterocycles. The van der Waals surface area contributed by atoms with Crippen LogP contribution in [0, 0.1) is 11.6 Å². The van der Waals surface area contributed by atoms with Crippen molar-refractivity contribution in [2.24, 2.45) is 0 Å². The zero-order valence-corrected chi connectivity index (χ0v) is 47.8. The van der Waals surface area contributed by atoms with Crippen molar-refractivity contribution in [3.63, 3.8) is 0 Å². The van der Waals surface area contributed by atoms with E-state index >= 15 is 0 Å². The number of aliphatic hydroxyl groups excluding tert-OH is 4. The summed E-state index contributed by atoms with van der Waals surface area (Å²) in [5, 5.41) is 68.0. The molecule has 6 N–H and O–H groups in total. The summed E-state index contributed by atoms with van der Waals surface area (Å²) < 4.78 is 52.3. The number of anilines is 2. The molecule has 18 nitrogen and oxygen atoms in total. The first-order valence-electron chi connectivity index (χ1n) is 25.2. The van der Waals surface area contributed by atoms with Gasteiger partial charge in [0.05, 0.1) is 64.0 Å². The quantitative estimate of drug-likeness (QED) is 0.0327. The van der Waals surface area contributed by atoms with Crippen LogP contribution >= 0.6 is 0 Å². The zero-order valence-electron chi connectivity index (χ0n) is 45.6. The molecule has 0 aliphatic rings. The summed E-state index contributed by atoms with van der Waals surface area (Å²) >= 11 is 0. The maximum Gasteiger partial charge on any atom is 2.00 e. The van der Waals surface area contributed by atoms with Gasteiger partial charge in [0.2, 0.25) is 0 Å². The number of carboxylic acid groups (broad SMARTS) is 2. The van der Waals surface area contributed by atoms with E-state index in [2.05, 4.69) is 10.6 Å². The first-order chi connectivity index (χ1) is 37.0. The Balaban J connectivity index is 0.000000336. The number of ether oxygens (including phenoxy) is 4. The molecule has 6 aromatic rings. The maximum atomic E-state index is 13.7. The van der Waals surface area contributed by atoms with E-state index < -0.39 is 60.8 Å². The number of aliphatic hydroxyl groups is 4. The SMILES string of the molecule is COc1cc(NC(=O)c2cc(-c3ccc(F)cc3)n(CC[C@@H](O)C[C@@H](O)CC(=O)[O-])c2C(C)C)cc(OC)c1.COc1cc(NC(=O)c2cc(-c3ccc(F)cc3)n(CC[C@@H](O)C[C@@H](O)CC(=O)[O-])c2C(C)C)cc(OC)c1.[Ca+2]. The van der Waals surface area contributed by atoms with E-state index in [9.17, 15) is 58.6 Å². The number of carbonyl (C=O) groups is 4. The molecule has 6 rings (SSSR count). The number of carbonyl (C=O) groups excluding carboxylic acids is 4. The number of benzene rings is 4. The predicted molar refractivity (Wildman–Crippen MR) is 290 cm³/mol. The Morgan fingerprint density at radius 2 is 0.810 bits per heavy atom. The molecular formula is C58H68CaF2N4O14. The van der Waals surface area contributed by atoms with Crippen molar-refractivity contribution in [2.75, 3.05) is 39.1 Å². The number of hydrogen-bond acceptors (Lipinski definition) is 14. The first kappa shape index (κ1) is 65.0. The monoisotopic (exact) mass is 1120 g/mol. The Morgan fingerprint density at radius 1 is 0.506 bits per heavy atom. The number of aliphatic carboxylic acids is 2. The van der Waals surface area contributed by atoms with Crippen LogP contribution in [0.2, 0.25) is 0 Å². The van der Waals surface area contributed by atoms with Crippen molar-refractivity contribution < 1.29 is 77.5 Å². The molecule has 0 unspecified atom stereocenters. The minimum atomic E-state index is -1.40. The molecular weight excluding hydrogens is 1050 g/mol. The number of rotatable bonds is 26. The van der Waals surface area contributed by atoms with E-state index in [1.54, 1.807) is 72.8 Å². The van der Waals surface area contributed by atoms with E-state index in [0.717, 1.165) is 0 Å². The Bertz CT molecular complexity index is 2740. The normalized spacial score (nSPS) is 12.6. The predicted octanol–water partition coefficient (Wildman–Crippen LogP) is 6.28. The third-order valence-corrected chi connectivity index (χ3v) is 12.6. The summed E-state index contributed by atoms with van der Waals surface area (Å²) in [4.78, 5) is 48.6. The van der Waals surface area contributed by atoms with Crippen molar-refractivity contribution in [1.29, 1.82) is 0 Å². The minimum absolute atomic E-state index is 0. The molecule has 2 amide bonds. The fourth-order valence-corrected chi connectivity index (χ4v) is 9.07. The van der Waals surface area contributed by atoms with Gasteiger partial charge in [-0.05, 0) is 109 Å². The molecule has 2 heterocycles. The smallest absolute Gasteiger partial charge is 0.550 e. The molecule has 0 saturated heterocycles. The van der Waals surface area contributed by atoms with Gasteiger partial charge < -0.3 is 78.9 Å². The molecule has 0 radical (unpaired) electrons. The second-order valence-electron chi connectivity index (χ2n) is 19.2. The fourth-order valence-electron chi connectivity index (χ4n) is 9.07. The van der Waals surface area contributed by atoms with E-state index in [1.165, 1.54) is 52.7 Å². The number of methoxy groups -OCH3 is 4. The van der Waals surface area contributed by atoms with E-state index in [1.807, 2.05) is 36.8 Å². The van der Waals surface area contributed by atoms with Crippen LogP contribution in [-0.4, -0.2) is 144 Å². The first-order valence-corrected chi connectivity index (χ1v) is 25.2. The number of hydrogen-bond donors (Lipinski definition) is 6. The van der Waals surface area contributed by atoms with Gasteiger partial charge >= 0.3 is 37.7 Å². The molecule has 0 aliphatic carbocycles. The van der Waals surface area contributed by atoms with Gasteiger partial charge in [-0.2, -0.15) is 0 Å². The van der Waals surface area contributed by atoms with Gasteiger partial charge in [0.25, 0.3) is 11.8 Å². The molecule has 420 valence electrons. The number of carboxylic acids is 2. The summed E-state index contributed by atoms with van der Waals surface area (Å²) in [7, 11) is 6.05. The third kappa shape index (κ3) is 18.8. The van der Waals surface area contributed by atoms with Crippen LogP contribution < -0.4 is 39.8 Å². The maximum absolute atomic E-state index is 13.7. The van der Waals surface area contributed by atoms with Crippen LogP contribution in [-0.2, 0) is 22.7 Å². The van der Waals surface area contributed by atoms with E-state index in [4.69, 9.17) is 18.9 Å². The van der Waals surface area contributed by atoms with Crippen LogP contribution in [0.4, 0.5) is 20.2 Å². The zero-order chi connectivity index (χ0) is 57.4. The summed E-state index contributed by atoms with van der Waals surface area (Å²) in [5.74, 6) is -2.53. The van der Waals surface area contributed by atoms with E-state index in [0.29, 0.717) is 79.4 Å². The molecule has 0 fully saturated rings. The minimum Gasteiger partial charge on any atom is -0.550 e. The molecule has 0 saturated carbocycles. The van der Waals surface area contributed by atoms with Gasteiger partial charge in [-0.15, -0.1) is 0 Å². The number of amides is 2. The van der Waals surface area contributed by atoms with Gasteiger partial charge in [0.1, 0.15) is 34.6 Å². The van der Waals surface area contributed by atoms with Gasteiger partial charge in [0.15, 0.2) is 0 Å². The Kier molecular flexibility index (Phi) is 25.3. The van der Waals surface area contributed by atoms with Crippen molar-refractivity contribution in [3.05, 3.63) is 131 Å². The van der Waals surface area contributed by atoms with Crippen molar-refractivity contribution >= 4 is 72.9 Å². The molecule has 79 heavy (non-hydrogen) atoms. The molecule has 2 aromatic heterocycles. The summed E-state index contributed by atoms with van der Waals surface area (Å²) in [5.41, 5.74) is 5.78. The summed E-state index contributed by atoms with van der Waals surface area (Å²) in [6, 6.07) is 25.3. The van der Waals surface area contributed by atoms with Gasteiger partial charge in [0, 0.05) is 108 Å². The molecule has 0 bridgehead atoms. The molecule has 4 atom stereocenters. The Hall–Kier alpha value is -6.52. The molecule has 4 aromatic carbocycles. The third-order valence-electron chi connectivity index (χ3n) is 12.6. The van der Waals surface area contributed by atoms with Crippen LogP contribution in [0.3, 0.4) is 0 Å². The van der Waals surface area contributed by atoms with Crippen LogP contribution in [0.5, 0.6) is 23.0 Å². The van der Waals surface area contributed by atoms with Crippen molar-refractivity contribution in [2.45, 2.75) is 116 Å². The number of nitrogens with zero attached hydrogens (tertiary/aromatic N) is 2. The van der Waals surface area contributed by atoms with Crippen LogP contribution in [0.1, 0.15) is 110 Å². The number of aromatic nitrogens is 2. The topological polar surface area (TPSA) is 266 Å². The summed E-state index contributed by atoms with van der Waals surface area (Å²) in [6.45, 7) is 8.27. The molecule has 0 spiro atoms. The van der Waals surface area contributed by atoms with Gasteiger partial charge in [-0.25, -0.2) is 8.78 Å². The Morgan fingerprint density at radius 3 is 1.08 bits per heavy atom. The second-order valence-corrected chi connectivity index (χ2v) is 19.2. The van der Waals surface area contributed by atoms with Crippen molar-refractivity contribution in [1.82, 2.24) is 9.13 Å². The fraction of sp³-hybridized carbons (Fsp3) is 0.379. The largest absolute Gasteiger partial charge is 2.00 e. The van der Waals surface area contributed by atoms with Crippen LogP contribution in [0.15, 0.2) is 97.1 Å². The van der Waals surface area contributed by atoms with Gasteiger partial charge in [-0.1, -0.05) is 27.7 Å². The van der Waals surface area contributed by atoms with E-state index in [-0.39, 0.29) is 100 Å². The van der Waals surface area contributed by atoms with Gasteiger partial charge in [-0.3, -0.25) is 9.59 Å². The molecule has 21 heteroatoms. The second kappa shape index (κ2) is 30.7. The van der Waals surface area contributed by atoms with Crippen LogP contribution in [0.25, 0.3) is 22.5 Å². The average molecular weight is 1120 g/mol. The Labute approximate surface area is 487 Å². The average Bonchev–Trinajstić information content (AvgIpc) is 4.12. The van der Waals surface area contributed by atoms with Crippen molar-refractivity contribution in [3.8, 4) is 45.5 Å². The number of halogens is 2. The summed E-state index contributed by atoms with van der Waals surface area (Å²) in [6.07, 6.45) is -5.52. The number of nitrogens with one attached hydrogen (secondary N) is 2.